The minimum atomic E-state index is -0.430. The van der Waals surface area contributed by atoms with Gasteiger partial charge >= 0.3 is 5.69 Å². The summed E-state index contributed by atoms with van der Waals surface area (Å²) in [6.07, 6.45) is 3.74. The van der Waals surface area contributed by atoms with E-state index in [0.717, 1.165) is 12.0 Å². The maximum Gasteiger partial charge on any atom is 0.310 e. The van der Waals surface area contributed by atoms with Gasteiger partial charge in [-0.2, -0.15) is 0 Å². The Morgan fingerprint density at radius 2 is 2.00 bits per heavy atom. The van der Waals surface area contributed by atoms with Crippen molar-refractivity contribution in [2.45, 2.75) is 19.9 Å². The van der Waals surface area contributed by atoms with E-state index in [9.17, 15) is 10.1 Å². The predicted molar refractivity (Wildman–Crippen MR) is 74.0 cm³/mol. The number of hydrogen-bond donors (Lipinski definition) is 1. The van der Waals surface area contributed by atoms with Crippen LogP contribution in [0, 0.1) is 10.1 Å². The topological polar surface area (TPSA) is 68.1 Å². The molecule has 0 bridgehead atoms. The van der Waals surface area contributed by atoms with Crippen LogP contribution in [-0.2, 0) is 13.0 Å². The molecule has 0 fully saturated rings. The van der Waals surface area contributed by atoms with Gasteiger partial charge in [0.25, 0.3) is 0 Å². The molecule has 98 valence electrons. The normalized spacial score (nSPS) is 10.2. The first kappa shape index (κ1) is 13.0. The number of nitro groups is 1. The highest BCUT2D eigenvalue weighted by atomic mass is 16.6. The second-order valence-electron chi connectivity index (χ2n) is 4.13. The van der Waals surface area contributed by atoms with Crippen molar-refractivity contribution in [2.75, 3.05) is 5.32 Å². The van der Waals surface area contributed by atoms with Crippen molar-refractivity contribution in [2.24, 2.45) is 0 Å². The zero-order valence-corrected chi connectivity index (χ0v) is 10.7. The van der Waals surface area contributed by atoms with Gasteiger partial charge in [0.15, 0.2) is 0 Å². The monoisotopic (exact) mass is 257 g/mol. The SMILES string of the molecule is CCc1ccccc1CNc1ccncc1[N+](=O)[O-]. The Kier molecular flexibility index (Phi) is 4.07. The summed E-state index contributed by atoms with van der Waals surface area (Å²) in [6, 6.07) is 9.68. The molecule has 0 aliphatic rings. The number of pyridine rings is 1. The average molecular weight is 257 g/mol. The molecule has 2 aromatic rings. The van der Waals surface area contributed by atoms with Gasteiger partial charge < -0.3 is 5.32 Å². The molecule has 1 aromatic heterocycles. The summed E-state index contributed by atoms with van der Waals surface area (Å²) in [5.74, 6) is 0. The van der Waals surface area contributed by atoms with Crippen LogP contribution in [0.4, 0.5) is 11.4 Å². The lowest BCUT2D eigenvalue weighted by molar-refractivity contribution is -0.384. The molecule has 0 saturated heterocycles. The molecule has 19 heavy (non-hydrogen) atoms. The Balaban J connectivity index is 2.17. The minimum absolute atomic E-state index is 0.00326. The van der Waals surface area contributed by atoms with Gasteiger partial charge in [0, 0.05) is 12.7 Å². The zero-order chi connectivity index (χ0) is 13.7. The number of aryl methyl sites for hydroxylation is 1. The Morgan fingerprint density at radius 1 is 1.26 bits per heavy atom. The molecule has 0 spiro atoms. The van der Waals surface area contributed by atoms with Crippen molar-refractivity contribution in [1.82, 2.24) is 4.98 Å². The lowest BCUT2D eigenvalue weighted by Gasteiger charge is -2.10. The van der Waals surface area contributed by atoms with Crippen molar-refractivity contribution in [3.63, 3.8) is 0 Å². The van der Waals surface area contributed by atoms with Crippen molar-refractivity contribution in [3.8, 4) is 0 Å². The highest BCUT2D eigenvalue weighted by molar-refractivity contribution is 5.59. The van der Waals surface area contributed by atoms with Gasteiger partial charge in [-0.05, 0) is 23.6 Å². The summed E-state index contributed by atoms with van der Waals surface area (Å²) in [5, 5.41) is 14.0. The van der Waals surface area contributed by atoms with E-state index in [1.165, 1.54) is 11.8 Å². The minimum Gasteiger partial charge on any atom is -0.375 e. The fraction of sp³-hybridized carbons (Fsp3) is 0.214. The van der Waals surface area contributed by atoms with E-state index in [2.05, 4.69) is 23.3 Å². The van der Waals surface area contributed by atoms with E-state index in [1.807, 2.05) is 18.2 Å². The molecule has 1 N–H and O–H groups in total. The van der Waals surface area contributed by atoms with Gasteiger partial charge in [-0.15, -0.1) is 0 Å². The Labute approximate surface area is 111 Å². The number of benzene rings is 1. The third kappa shape index (κ3) is 3.07. The van der Waals surface area contributed by atoms with Crippen LogP contribution < -0.4 is 5.32 Å². The van der Waals surface area contributed by atoms with Gasteiger partial charge in [0.2, 0.25) is 0 Å². The van der Waals surface area contributed by atoms with Gasteiger partial charge in [0.1, 0.15) is 11.9 Å². The van der Waals surface area contributed by atoms with E-state index < -0.39 is 4.92 Å². The second-order valence-corrected chi connectivity index (χ2v) is 4.13. The molecule has 0 unspecified atom stereocenters. The Bertz CT molecular complexity index is 584. The maximum absolute atomic E-state index is 10.9. The van der Waals surface area contributed by atoms with Crippen LogP contribution in [0.25, 0.3) is 0 Å². The lowest BCUT2D eigenvalue weighted by atomic mass is 10.1. The molecular formula is C14H15N3O2. The van der Waals surface area contributed by atoms with Crippen LogP contribution in [0.3, 0.4) is 0 Å². The summed E-state index contributed by atoms with van der Waals surface area (Å²) < 4.78 is 0. The fourth-order valence-corrected chi connectivity index (χ4v) is 1.95. The number of nitrogens with one attached hydrogen (secondary N) is 1. The van der Waals surface area contributed by atoms with E-state index in [1.54, 1.807) is 12.3 Å². The zero-order valence-electron chi connectivity index (χ0n) is 10.7. The fourth-order valence-electron chi connectivity index (χ4n) is 1.95. The highest BCUT2D eigenvalue weighted by Gasteiger charge is 2.12. The van der Waals surface area contributed by atoms with Crippen molar-refractivity contribution in [3.05, 3.63) is 64.0 Å². The predicted octanol–water partition coefficient (Wildman–Crippen LogP) is 3.16. The summed E-state index contributed by atoms with van der Waals surface area (Å²) in [7, 11) is 0. The number of aromatic nitrogens is 1. The molecule has 0 aliphatic heterocycles. The van der Waals surface area contributed by atoms with Crippen LogP contribution in [0.15, 0.2) is 42.7 Å². The van der Waals surface area contributed by atoms with Crippen LogP contribution in [0.5, 0.6) is 0 Å². The molecule has 0 amide bonds. The lowest BCUT2D eigenvalue weighted by Crippen LogP contribution is -2.05. The number of nitrogens with zero attached hydrogens (tertiary/aromatic N) is 2. The first-order valence-electron chi connectivity index (χ1n) is 6.11. The second kappa shape index (κ2) is 5.95. The van der Waals surface area contributed by atoms with Crippen LogP contribution in [-0.4, -0.2) is 9.91 Å². The number of hydrogen-bond acceptors (Lipinski definition) is 4. The number of anilines is 1. The summed E-state index contributed by atoms with van der Waals surface area (Å²) in [6.45, 7) is 2.66. The molecule has 0 aliphatic carbocycles. The van der Waals surface area contributed by atoms with Gasteiger partial charge in [0.05, 0.1) is 4.92 Å². The van der Waals surface area contributed by atoms with E-state index >= 15 is 0 Å². The number of rotatable bonds is 5. The van der Waals surface area contributed by atoms with E-state index in [0.29, 0.717) is 12.2 Å². The average Bonchev–Trinajstić information content (AvgIpc) is 2.45. The third-order valence-corrected chi connectivity index (χ3v) is 2.97. The van der Waals surface area contributed by atoms with Crippen molar-refractivity contribution < 1.29 is 4.92 Å². The first-order valence-corrected chi connectivity index (χ1v) is 6.11. The quantitative estimate of drug-likeness (QED) is 0.660. The molecule has 5 nitrogen and oxygen atoms in total. The molecule has 1 heterocycles. The van der Waals surface area contributed by atoms with Gasteiger partial charge in [-0.1, -0.05) is 31.2 Å². The van der Waals surface area contributed by atoms with Crippen LogP contribution >= 0.6 is 0 Å². The molecule has 0 atom stereocenters. The molecular weight excluding hydrogens is 242 g/mol. The van der Waals surface area contributed by atoms with E-state index in [-0.39, 0.29) is 5.69 Å². The molecule has 2 rings (SSSR count). The summed E-state index contributed by atoms with van der Waals surface area (Å²) in [4.78, 5) is 14.2. The summed E-state index contributed by atoms with van der Waals surface area (Å²) >= 11 is 0. The van der Waals surface area contributed by atoms with Gasteiger partial charge in [-0.3, -0.25) is 15.1 Å². The smallest absolute Gasteiger partial charge is 0.310 e. The first-order chi connectivity index (χ1) is 9.22. The van der Waals surface area contributed by atoms with E-state index in [4.69, 9.17) is 0 Å². The molecule has 5 heteroatoms. The Morgan fingerprint density at radius 3 is 2.68 bits per heavy atom. The third-order valence-electron chi connectivity index (χ3n) is 2.97. The maximum atomic E-state index is 10.9. The van der Waals surface area contributed by atoms with Gasteiger partial charge in [-0.25, -0.2) is 0 Å². The van der Waals surface area contributed by atoms with Crippen molar-refractivity contribution in [1.29, 1.82) is 0 Å². The largest absolute Gasteiger partial charge is 0.375 e. The Hall–Kier alpha value is -2.43. The van der Waals surface area contributed by atoms with Crippen LogP contribution in [0.2, 0.25) is 0 Å². The van der Waals surface area contributed by atoms with Crippen molar-refractivity contribution >= 4 is 11.4 Å². The van der Waals surface area contributed by atoms with Crippen LogP contribution in [0.1, 0.15) is 18.1 Å². The molecule has 0 radical (unpaired) electrons. The molecule has 1 aromatic carbocycles. The highest BCUT2D eigenvalue weighted by Crippen LogP contribution is 2.23. The standard InChI is InChI=1S/C14H15N3O2/c1-2-11-5-3-4-6-12(11)9-16-13-7-8-15-10-14(13)17(18)19/h3-8,10H,2,9H2,1H3,(H,15,16). The summed E-state index contributed by atoms with van der Waals surface area (Å²) in [5.41, 5.74) is 2.88. The molecule has 0 saturated carbocycles.